The molecule has 1 aromatic carbocycles. The summed E-state index contributed by atoms with van der Waals surface area (Å²) in [5.74, 6) is 1.06. The Kier molecular flexibility index (Phi) is 3.90. The monoisotopic (exact) mass is 346 g/mol. The van der Waals surface area contributed by atoms with Crippen LogP contribution in [-0.4, -0.2) is 31.0 Å². The van der Waals surface area contributed by atoms with Gasteiger partial charge in [0.1, 0.15) is 0 Å². The molecule has 1 saturated heterocycles. The molecule has 1 aromatic heterocycles. The number of rotatable bonds is 3. The summed E-state index contributed by atoms with van der Waals surface area (Å²) >= 11 is 0. The van der Waals surface area contributed by atoms with E-state index in [1.807, 2.05) is 12.1 Å². The van der Waals surface area contributed by atoms with Crippen LogP contribution in [0, 0.1) is 0 Å². The van der Waals surface area contributed by atoms with E-state index < -0.39 is 10.0 Å². The Balaban J connectivity index is 1.71. The van der Waals surface area contributed by atoms with Gasteiger partial charge in [0.15, 0.2) is 11.5 Å². The van der Waals surface area contributed by atoms with E-state index >= 15 is 0 Å². The smallest absolute Gasteiger partial charge is 0.243 e. The zero-order valence-electron chi connectivity index (χ0n) is 13.1. The molecule has 0 amide bonds. The standard InChI is InChI=1S/C17H18N2O4S/c20-24(21,14-6-7-16-17(10-14)23-12-22-16)19-9-2-1-5-15(19)13-4-3-8-18-11-13/h3-4,6-8,10-11,15H,1-2,5,9,12H2/t15-/m0/s1. The van der Waals surface area contributed by atoms with Gasteiger partial charge >= 0.3 is 0 Å². The SMILES string of the molecule is O=S(=O)(c1ccc2c(c1)OCO2)N1CCCC[C@H]1c1cccnc1. The van der Waals surface area contributed by atoms with E-state index in [9.17, 15) is 8.42 Å². The fraction of sp³-hybridized carbons (Fsp3) is 0.353. The summed E-state index contributed by atoms with van der Waals surface area (Å²) in [6, 6.07) is 8.38. The van der Waals surface area contributed by atoms with Gasteiger partial charge in [-0.05, 0) is 36.6 Å². The highest BCUT2D eigenvalue weighted by Gasteiger charge is 2.35. The van der Waals surface area contributed by atoms with E-state index in [-0.39, 0.29) is 17.7 Å². The Morgan fingerprint density at radius 1 is 1.12 bits per heavy atom. The van der Waals surface area contributed by atoms with Crippen LogP contribution in [0.2, 0.25) is 0 Å². The Morgan fingerprint density at radius 3 is 2.83 bits per heavy atom. The molecule has 1 atom stereocenters. The first kappa shape index (κ1) is 15.4. The van der Waals surface area contributed by atoms with Gasteiger partial charge in [-0.25, -0.2) is 8.42 Å². The fourth-order valence-electron chi connectivity index (χ4n) is 3.27. The van der Waals surface area contributed by atoms with Crippen LogP contribution >= 0.6 is 0 Å². The summed E-state index contributed by atoms with van der Waals surface area (Å²) in [6.45, 7) is 0.636. The lowest BCUT2D eigenvalue weighted by Gasteiger charge is -2.34. The van der Waals surface area contributed by atoms with E-state index in [1.165, 1.54) is 0 Å². The van der Waals surface area contributed by atoms with Crippen LogP contribution in [0.3, 0.4) is 0 Å². The minimum atomic E-state index is -3.61. The predicted octanol–water partition coefficient (Wildman–Crippen LogP) is 2.73. The van der Waals surface area contributed by atoms with Crippen molar-refractivity contribution >= 4 is 10.0 Å². The first-order valence-corrected chi connectivity index (χ1v) is 9.42. The minimum absolute atomic E-state index is 0.126. The molecule has 126 valence electrons. The van der Waals surface area contributed by atoms with Crippen LogP contribution < -0.4 is 9.47 Å². The van der Waals surface area contributed by atoms with Crippen molar-refractivity contribution in [1.82, 2.24) is 9.29 Å². The first-order valence-electron chi connectivity index (χ1n) is 7.98. The zero-order valence-corrected chi connectivity index (χ0v) is 13.9. The van der Waals surface area contributed by atoms with E-state index in [0.29, 0.717) is 18.0 Å². The van der Waals surface area contributed by atoms with Gasteiger partial charge in [-0.15, -0.1) is 0 Å². The van der Waals surface area contributed by atoms with Crippen LogP contribution in [0.4, 0.5) is 0 Å². The number of hydrogen-bond donors (Lipinski definition) is 0. The van der Waals surface area contributed by atoms with Crippen molar-refractivity contribution in [2.75, 3.05) is 13.3 Å². The molecule has 6 nitrogen and oxygen atoms in total. The predicted molar refractivity (Wildman–Crippen MR) is 87.3 cm³/mol. The second-order valence-corrected chi connectivity index (χ2v) is 7.82. The third-order valence-electron chi connectivity index (χ3n) is 4.47. The summed E-state index contributed by atoms with van der Waals surface area (Å²) in [5, 5.41) is 0. The highest BCUT2D eigenvalue weighted by molar-refractivity contribution is 7.89. The van der Waals surface area contributed by atoms with E-state index in [2.05, 4.69) is 4.98 Å². The molecular formula is C17H18N2O4S. The quantitative estimate of drug-likeness (QED) is 0.855. The lowest BCUT2D eigenvalue weighted by molar-refractivity contribution is 0.174. The number of ether oxygens (including phenoxy) is 2. The largest absolute Gasteiger partial charge is 0.454 e. The summed E-state index contributed by atoms with van der Waals surface area (Å²) < 4.78 is 38.5. The number of pyridine rings is 1. The van der Waals surface area contributed by atoms with Gasteiger partial charge in [-0.1, -0.05) is 12.5 Å². The molecule has 0 unspecified atom stereocenters. The molecule has 7 heteroatoms. The van der Waals surface area contributed by atoms with E-state index in [1.54, 1.807) is 34.9 Å². The number of sulfonamides is 1. The summed E-state index contributed by atoms with van der Waals surface area (Å²) in [6.07, 6.45) is 6.11. The van der Waals surface area contributed by atoms with Crippen molar-refractivity contribution in [1.29, 1.82) is 0 Å². The molecule has 0 spiro atoms. The second kappa shape index (κ2) is 6.07. The normalized spacial score (nSPS) is 20.9. The fourth-order valence-corrected chi connectivity index (χ4v) is 4.97. The summed E-state index contributed by atoms with van der Waals surface area (Å²) in [7, 11) is -3.61. The minimum Gasteiger partial charge on any atom is -0.454 e. The molecule has 4 rings (SSSR count). The molecule has 0 saturated carbocycles. The molecule has 2 aliphatic heterocycles. The molecule has 3 heterocycles. The number of piperidine rings is 1. The number of benzene rings is 1. The molecule has 0 N–H and O–H groups in total. The van der Waals surface area contributed by atoms with Gasteiger partial charge in [-0.3, -0.25) is 4.98 Å². The zero-order chi connectivity index (χ0) is 16.6. The van der Waals surface area contributed by atoms with E-state index in [0.717, 1.165) is 24.8 Å². The Bertz CT molecular complexity index is 839. The molecule has 0 bridgehead atoms. The lowest BCUT2D eigenvalue weighted by Crippen LogP contribution is -2.38. The highest BCUT2D eigenvalue weighted by atomic mass is 32.2. The van der Waals surface area contributed by atoms with Gasteiger partial charge < -0.3 is 9.47 Å². The third-order valence-corrected chi connectivity index (χ3v) is 6.38. The molecule has 0 radical (unpaired) electrons. The molecule has 2 aromatic rings. The van der Waals surface area contributed by atoms with Gasteiger partial charge in [0.05, 0.1) is 10.9 Å². The van der Waals surface area contributed by atoms with Gasteiger partial charge in [0.2, 0.25) is 16.8 Å². The number of hydrogen-bond acceptors (Lipinski definition) is 5. The average molecular weight is 346 g/mol. The Labute approximate surface area is 141 Å². The average Bonchev–Trinajstić information content (AvgIpc) is 3.10. The van der Waals surface area contributed by atoms with Crippen LogP contribution in [0.15, 0.2) is 47.6 Å². The van der Waals surface area contributed by atoms with Crippen LogP contribution in [0.5, 0.6) is 11.5 Å². The molecule has 0 aliphatic carbocycles. The lowest BCUT2D eigenvalue weighted by atomic mass is 9.99. The van der Waals surface area contributed by atoms with Crippen molar-refractivity contribution in [3.8, 4) is 11.5 Å². The maximum absolute atomic E-state index is 13.2. The Morgan fingerprint density at radius 2 is 2.00 bits per heavy atom. The van der Waals surface area contributed by atoms with E-state index in [4.69, 9.17) is 9.47 Å². The van der Waals surface area contributed by atoms with Crippen molar-refractivity contribution < 1.29 is 17.9 Å². The van der Waals surface area contributed by atoms with Gasteiger partial charge in [0, 0.05) is 25.0 Å². The maximum Gasteiger partial charge on any atom is 0.243 e. The van der Waals surface area contributed by atoms with Crippen molar-refractivity contribution in [2.45, 2.75) is 30.2 Å². The highest BCUT2D eigenvalue weighted by Crippen LogP contribution is 2.38. The third kappa shape index (κ3) is 2.63. The topological polar surface area (TPSA) is 68.7 Å². The van der Waals surface area contributed by atoms with Crippen LogP contribution in [0.1, 0.15) is 30.9 Å². The number of aromatic nitrogens is 1. The van der Waals surface area contributed by atoms with Gasteiger partial charge in [0.25, 0.3) is 0 Å². The molecule has 24 heavy (non-hydrogen) atoms. The molecular weight excluding hydrogens is 328 g/mol. The van der Waals surface area contributed by atoms with Crippen molar-refractivity contribution in [3.05, 3.63) is 48.3 Å². The Hall–Kier alpha value is -2.12. The summed E-state index contributed by atoms with van der Waals surface area (Å²) in [5.41, 5.74) is 0.932. The molecule has 2 aliphatic rings. The van der Waals surface area contributed by atoms with Crippen molar-refractivity contribution in [2.24, 2.45) is 0 Å². The van der Waals surface area contributed by atoms with Crippen LogP contribution in [-0.2, 0) is 10.0 Å². The maximum atomic E-state index is 13.2. The number of nitrogens with zero attached hydrogens (tertiary/aromatic N) is 2. The summed E-state index contributed by atoms with van der Waals surface area (Å²) in [4.78, 5) is 4.38. The second-order valence-electron chi connectivity index (χ2n) is 5.93. The first-order chi connectivity index (χ1) is 11.7. The van der Waals surface area contributed by atoms with Crippen LogP contribution in [0.25, 0.3) is 0 Å². The molecule has 1 fully saturated rings. The number of fused-ring (bicyclic) bond motifs is 1. The van der Waals surface area contributed by atoms with Crippen molar-refractivity contribution in [3.63, 3.8) is 0 Å². The van der Waals surface area contributed by atoms with Gasteiger partial charge in [-0.2, -0.15) is 4.31 Å².